The minimum atomic E-state index is -0.983. The van der Waals surface area contributed by atoms with E-state index in [1.54, 1.807) is 12.4 Å². The second kappa shape index (κ2) is 6.99. The summed E-state index contributed by atoms with van der Waals surface area (Å²) in [5, 5.41) is 31.2. The Hall–Kier alpha value is -1.21. The zero-order valence-electron chi connectivity index (χ0n) is 11.6. The van der Waals surface area contributed by atoms with Crippen molar-refractivity contribution in [3.63, 3.8) is 0 Å². The van der Waals surface area contributed by atoms with E-state index in [1.807, 2.05) is 12.1 Å². The topological polar surface area (TPSA) is 88.8 Å². The van der Waals surface area contributed by atoms with Crippen LogP contribution in [0.2, 0.25) is 0 Å². The second-order valence-corrected chi connectivity index (χ2v) is 5.37. The number of piperidine rings is 1. The fourth-order valence-electron chi connectivity index (χ4n) is 2.56. The first-order valence-electron chi connectivity index (χ1n) is 6.98. The highest BCUT2D eigenvalue weighted by atomic mass is 16.3. The van der Waals surface area contributed by atoms with Gasteiger partial charge in [-0.05, 0) is 25.0 Å². The number of hydrogen-bond acceptors (Lipinski definition) is 6. The van der Waals surface area contributed by atoms with Crippen LogP contribution in [0.3, 0.4) is 0 Å². The molecule has 1 aliphatic rings. The molecule has 1 aliphatic heterocycles. The summed E-state index contributed by atoms with van der Waals surface area (Å²) in [5.41, 5.74) is 0.181. The zero-order chi connectivity index (χ0) is 14.4. The standard InChI is InChI=1S/C14H23N3O3/c18-9-14(10-19,11-20)16-12-3-7-17(8-4-12)13-1-5-15-6-2-13/h1-2,5-6,12,16,18-20H,3-4,7-11H2. The van der Waals surface area contributed by atoms with E-state index in [1.165, 1.54) is 0 Å². The SMILES string of the molecule is OCC(CO)(CO)NC1CCN(c2ccncc2)CC1. The van der Waals surface area contributed by atoms with Gasteiger partial charge in [-0.3, -0.25) is 4.98 Å². The van der Waals surface area contributed by atoms with Gasteiger partial charge in [-0.2, -0.15) is 0 Å². The van der Waals surface area contributed by atoms with Crippen molar-refractivity contribution < 1.29 is 15.3 Å². The van der Waals surface area contributed by atoms with Crippen molar-refractivity contribution in [2.45, 2.75) is 24.4 Å². The highest BCUT2D eigenvalue weighted by Gasteiger charge is 2.32. The number of aliphatic hydroxyl groups excluding tert-OH is 3. The molecule has 0 spiro atoms. The van der Waals surface area contributed by atoms with E-state index in [4.69, 9.17) is 0 Å². The van der Waals surface area contributed by atoms with Crippen LogP contribution < -0.4 is 10.2 Å². The number of aromatic nitrogens is 1. The summed E-state index contributed by atoms with van der Waals surface area (Å²) in [4.78, 5) is 6.30. The summed E-state index contributed by atoms with van der Waals surface area (Å²) in [6, 6.07) is 4.18. The van der Waals surface area contributed by atoms with Crippen molar-refractivity contribution in [3.05, 3.63) is 24.5 Å². The first-order chi connectivity index (χ1) is 9.73. The maximum absolute atomic E-state index is 9.34. The Morgan fingerprint density at radius 1 is 1.10 bits per heavy atom. The Balaban J connectivity index is 1.88. The summed E-state index contributed by atoms with van der Waals surface area (Å²) in [6.45, 7) is 0.986. The van der Waals surface area contributed by atoms with Gasteiger partial charge in [0.1, 0.15) is 0 Å². The van der Waals surface area contributed by atoms with E-state index in [2.05, 4.69) is 15.2 Å². The van der Waals surface area contributed by atoms with Gasteiger partial charge in [0.05, 0.1) is 25.4 Å². The molecule has 1 aromatic rings. The van der Waals surface area contributed by atoms with Crippen molar-refractivity contribution in [3.8, 4) is 0 Å². The molecule has 0 aromatic carbocycles. The zero-order valence-corrected chi connectivity index (χ0v) is 11.6. The molecule has 6 heteroatoms. The third-order valence-corrected chi connectivity index (χ3v) is 3.94. The van der Waals surface area contributed by atoms with Crippen molar-refractivity contribution in [2.24, 2.45) is 0 Å². The molecule has 1 fully saturated rings. The number of nitrogens with zero attached hydrogens (tertiary/aromatic N) is 2. The Kier molecular flexibility index (Phi) is 5.31. The van der Waals surface area contributed by atoms with Gasteiger partial charge < -0.3 is 25.5 Å². The highest BCUT2D eigenvalue weighted by Crippen LogP contribution is 2.20. The Labute approximate surface area is 119 Å². The molecular formula is C14H23N3O3. The fraction of sp³-hybridized carbons (Fsp3) is 0.643. The molecule has 0 aliphatic carbocycles. The molecule has 0 atom stereocenters. The van der Waals surface area contributed by atoms with Crippen molar-refractivity contribution in [1.29, 1.82) is 0 Å². The number of aliphatic hydroxyl groups is 3. The number of anilines is 1. The normalized spacial score (nSPS) is 17.4. The second-order valence-electron chi connectivity index (χ2n) is 5.37. The molecule has 0 unspecified atom stereocenters. The molecular weight excluding hydrogens is 258 g/mol. The maximum atomic E-state index is 9.34. The average Bonchev–Trinajstić information content (AvgIpc) is 2.54. The lowest BCUT2D eigenvalue weighted by Gasteiger charge is -2.39. The molecule has 2 heterocycles. The van der Waals surface area contributed by atoms with Gasteiger partial charge in [-0.1, -0.05) is 0 Å². The van der Waals surface area contributed by atoms with Gasteiger partial charge in [0.2, 0.25) is 0 Å². The van der Waals surface area contributed by atoms with E-state index < -0.39 is 5.54 Å². The summed E-state index contributed by atoms with van der Waals surface area (Å²) in [7, 11) is 0. The molecule has 112 valence electrons. The van der Waals surface area contributed by atoms with Gasteiger partial charge in [0, 0.05) is 37.2 Å². The highest BCUT2D eigenvalue weighted by molar-refractivity contribution is 5.44. The van der Waals surface area contributed by atoms with Crippen LogP contribution >= 0.6 is 0 Å². The fourth-order valence-corrected chi connectivity index (χ4v) is 2.56. The molecule has 4 N–H and O–H groups in total. The summed E-state index contributed by atoms with van der Waals surface area (Å²) in [6.07, 6.45) is 5.39. The summed E-state index contributed by atoms with van der Waals surface area (Å²) >= 11 is 0. The van der Waals surface area contributed by atoms with Gasteiger partial charge >= 0.3 is 0 Å². The van der Waals surface area contributed by atoms with E-state index in [0.29, 0.717) is 0 Å². The number of nitrogens with one attached hydrogen (secondary N) is 1. The third kappa shape index (κ3) is 3.46. The minimum Gasteiger partial charge on any atom is -0.394 e. The van der Waals surface area contributed by atoms with Gasteiger partial charge in [0.15, 0.2) is 0 Å². The van der Waals surface area contributed by atoms with Crippen LogP contribution in [0.4, 0.5) is 5.69 Å². The maximum Gasteiger partial charge on any atom is 0.0883 e. The molecule has 0 saturated carbocycles. The summed E-state index contributed by atoms with van der Waals surface area (Å²) in [5.74, 6) is 0. The van der Waals surface area contributed by atoms with Gasteiger partial charge in [0.25, 0.3) is 0 Å². The predicted molar refractivity (Wildman–Crippen MR) is 76.6 cm³/mol. The van der Waals surface area contributed by atoms with Crippen molar-refractivity contribution in [2.75, 3.05) is 37.8 Å². The molecule has 6 nitrogen and oxygen atoms in total. The van der Waals surface area contributed by atoms with Crippen molar-refractivity contribution in [1.82, 2.24) is 10.3 Å². The lowest BCUT2D eigenvalue weighted by Crippen LogP contribution is -2.60. The van der Waals surface area contributed by atoms with E-state index >= 15 is 0 Å². The van der Waals surface area contributed by atoms with Crippen LogP contribution in [0.15, 0.2) is 24.5 Å². The number of rotatable bonds is 6. The van der Waals surface area contributed by atoms with Gasteiger partial charge in [-0.15, -0.1) is 0 Å². The van der Waals surface area contributed by atoms with Crippen LogP contribution in [-0.4, -0.2) is 64.8 Å². The lowest BCUT2D eigenvalue weighted by atomic mass is 9.97. The molecule has 0 amide bonds. The summed E-state index contributed by atoms with van der Waals surface area (Å²) < 4.78 is 0. The quantitative estimate of drug-likeness (QED) is 0.554. The first-order valence-corrected chi connectivity index (χ1v) is 6.98. The van der Waals surface area contributed by atoms with Gasteiger partial charge in [-0.25, -0.2) is 0 Å². The predicted octanol–water partition coefficient (Wildman–Crippen LogP) is -0.644. The van der Waals surface area contributed by atoms with Crippen LogP contribution in [0, 0.1) is 0 Å². The molecule has 1 saturated heterocycles. The average molecular weight is 281 g/mol. The molecule has 2 rings (SSSR count). The lowest BCUT2D eigenvalue weighted by molar-refractivity contribution is 0.0319. The van der Waals surface area contributed by atoms with Crippen LogP contribution in [-0.2, 0) is 0 Å². The number of hydrogen-bond donors (Lipinski definition) is 4. The monoisotopic (exact) mass is 281 g/mol. The largest absolute Gasteiger partial charge is 0.394 e. The minimum absolute atomic E-state index is 0.194. The molecule has 1 aromatic heterocycles. The Morgan fingerprint density at radius 3 is 2.15 bits per heavy atom. The Bertz CT molecular complexity index is 382. The molecule has 0 bridgehead atoms. The molecule has 20 heavy (non-hydrogen) atoms. The van der Waals surface area contributed by atoms with Crippen LogP contribution in [0.5, 0.6) is 0 Å². The third-order valence-electron chi connectivity index (χ3n) is 3.94. The Morgan fingerprint density at radius 2 is 1.65 bits per heavy atom. The first kappa shape index (κ1) is 15.2. The van der Waals surface area contributed by atoms with Crippen molar-refractivity contribution >= 4 is 5.69 Å². The van der Waals surface area contributed by atoms with E-state index in [0.717, 1.165) is 31.6 Å². The van der Waals surface area contributed by atoms with E-state index in [-0.39, 0.29) is 25.9 Å². The van der Waals surface area contributed by atoms with Crippen LogP contribution in [0.25, 0.3) is 0 Å². The number of pyridine rings is 1. The van der Waals surface area contributed by atoms with E-state index in [9.17, 15) is 15.3 Å². The smallest absolute Gasteiger partial charge is 0.0883 e. The molecule has 0 radical (unpaired) electrons. The van der Waals surface area contributed by atoms with Crippen LogP contribution in [0.1, 0.15) is 12.8 Å².